The van der Waals surface area contributed by atoms with E-state index in [9.17, 15) is 0 Å². The predicted molar refractivity (Wildman–Crippen MR) is 47.2 cm³/mol. The molecule has 0 N–H and O–H groups in total. The van der Waals surface area contributed by atoms with E-state index in [1.165, 1.54) is 11.8 Å². The quantitative estimate of drug-likeness (QED) is 0.659. The summed E-state index contributed by atoms with van der Waals surface area (Å²) in [4.78, 5) is 8.13. The lowest BCUT2D eigenvalue weighted by molar-refractivity contribution is 0.783. The van der Waals surface area contributed by atoms with E-state index in [4.69, 9.17) is 0 Å². The molecule has 0 fully saturated rings. The Kier molecular flexibility index (Phi) is 2.22. The van der Waals surface area contributed by atoms with Crippen LogP contribution in [0.4, 0.5) is 0 Å². The third kappa shape index (κ3) is 1.83. The summed E-state index contributed by atoms with van der Waals surface area (Å²) in [5.74, 6) is 0. The second-order valence-corrected chi connectivity index (χ2v) is 3.29. The molecular weight excluding hydrogens is 186 g/mol. The van der Waals surface area contributed by atoms with E-state index >= 15 is 0 Å². The summed E-state index contributed by atoms with van der Waals surface area (Å²) in [7, 11) is 1.88. The number of aryl methyl sites for hydroxylation is 1. The molecule has 0 saturated heterocycles. The zero-order valence-electron chi connectivity index (χ0n) is 6.95. The highest BCUT2D eigenvalue weighted by Gasteiger charge is 2.04. The Morgan fingerprint density at radius 3 is 2.69 bits per heavy atom. The first-order valence-electron chi connectivity index (χ1n) is 3.65. The van der Waals surface area contributed by atoms with E-state index in [0.29, 0.717) is 5.16 Å². The molecule has 2 rings (SSSR count). The molecule has 0 spiro atoms. The van der Waals surface area contributed by atoms with E-state index in [1.54, 1.807) is 24.8 Å². The van der Waals surface area contributed by atoms with Crippen molar-refractivity contribution >= 4 is 11.8 Å². The Balaban J connectivity index is 2.20. The van der Waals surface area contributed by atoms with Gasteiger partial charge in [-0.05, 0) is 17.8 Å². The fourth-order valence-corrected chi connectivity index (χ4v) is 1.45. The smallest absolute Gasteiger partial charge is 0.198 e. The first kappa shape index (κ1) is 8.18. The Morgan fingerprint density at radius 1 is 1.31 bits per heavy atom. The summed E-state index contributed by atoms with van der Waals surface area (Å²) in [5.41, 5.74) is 0. The van der Waals surface area contributed by atoms with Crippen LogP contribution in [0.25, 0.3) is 0 Å². The van der Waals surface area contributed by atoms with E-state index in [0.717, 1.165) is 5.16 Å². The minimum atomic E-state index is 0.679. The minimum absolute atomic E-state index is 0.679. The van der Waals surface area contributed by atoms with Crippen LogP contribution < -0.4 is 0 Å². The number of nitrogens with zero attached hydrogens (tertiary/aromatic N) is 5. The summed E-state index contributed by atoms with van der Waals surface area (Å²) < 4.78 is 1.82. The van der Waals surface area contributed by atoms with Gasteiger partial charge in [-0.2, -0.15) is 0 Å². The van der Waals surface area contributed by atoms with Crippen LogP contribution in [0, 0.1) is 0 Å². The van der Waals surface area contributed by atoms with Crippen molar-refractivity contribution in [3.63, 3.8) is 0 Å². The molecule has 0 saturated carbocycles. The molecule has 6 heteroatoms. The fourth-order valence-electron chi connectivity index (χ4n) is 0.785. The van der Waals surface area contributed by atoms with Gasteiger partial charge < -0.3 is 4.57 Å². The normalized spacial score (nSPS) is 10.2. The third-order valence-corrected chi connectivity index (χ3v) is 2.34. The maximum absolute atomic E-state index is 4.07. The van der Waals surface area contributed by atoms with Gasteiger partial charge >= 0.3 is 0 Å². The molecule has 0 radical (unpaired) electrons. The van der Waals surface area contributed by atoms with E-state index < -0.39 is 0 Å². The first-order chi connectivity index (χ1) is 6.36. The van der Waals surface area contributed by atoms with Crippen LogP contribution in [0.2, 0.25) is 0 Å². The van der Waals surface area contributed by atoms with Crippen LogP contribution >= 0.6 is 11.8 Å². The molecule has 0 unspecified atom stereocenters. The molecule has 0 aliphatic rings. The van der Waals surface area contributed by atoms with Crippen LogP contribution in [0.15, 0.2) is 35.1 Å². The van der Waals surface area contributed by atoms with Gasteiger partial charge in [0, 0.05) is 19.4 Å². The lowest BCUT2D eigenvalue weighted by Crippen LogP contribution is -1.90. The third-order valence-electron chi connectivity index (χ3n) is 1.39. The first-order valence-corrected chi connectivity index (χ1v) is 4.47. The summed E-state index contributed by atoms with van der Waals surface area (Å²) in [6, 6.07) is 1.78. The maximum Gasteiger partial charge on any atom is 0.198 e. The van der Waals surface area contributed by atoms with E-state index in [-0.39, 0.29) is 0 Å². The van der Waals surface area contributed by atoms with Gasteiger partial charge in [0.1, 0.15) is 6.33 Å². The highest BCUT2D eigenvalue weighted by Crippen LogP contribution is 2.19. The van der Waals surface area contributed by atoms with Gasteiger partial charge in [-0.1, -0.05) is 0 Å². The topological polar surface area (TPSA) is 56.5 Å². The molecule has 0 atom stereocenters. The number of aromatic nitrogens is 5. The van der Waals surface area contributed by atoms with Crippen molar-refractivity contribution in [2.75, 3.05) is 0 Å². The molecule has 5 nitrogen and oxygen atoms in total. The number of rotatable bonds is 2. The largest absolute Gasteiger partial charge is 0.311 e. The van der Waals surface area contributed by atoms with Gasteiger partial charge in [0.25, 0.3) is 0 Å². The van der Waals surface area contributed by atoms with Crippen LogP contribution in [0.1, 0.15) is 0 Å². The molecule has 13 heavy (non-hydrogen) atoms. The molecule has 0 aliphatic heterocycles. The van der Waals surface area contributed by atoms with E-state index in [1.807, 2.05) is 11.6 Å². The van der Waals surface area contributed by atoms with E-state index in [2.05, 4.69) is 20.2 Å². The van der Waals surface area contributed by atoms with Crippen molar-refractivity contribution in [1.82, 2.24) is 24.7 Å². The zero-order valence-corrected chi connectivity index (χ0v) is 7.77. The summed E-state index contributed by atoms with van der Waals surface area (Å²) >= 11 is 1.39. The highest BCUT2D eigenvalue weighted by atomic mass is 32.2. The molecule has 2 aromatic rings. The van der Waals surface area contributed by atoms with Crippen molar-refractivity contribution in [2.45, 2.75) is 10.3 Å². The van der Waals surface area contributed by atoms with Crippen molar-refractivity contribution in [2.24, 2.45) is 7.05 Å². The molecule has 66 valence electrons. The molecule has 0 aliphatic carbocycles. The van der Waals surface area contributed by atoms with Gasteiger partial charge in [-0.3, -0.25) is 0 Å². The van der Waals surface area contributed by atoms with Crippen molar-refractivity contribution < 1.29 is 0 Å². The lowest BCUT2D eigenvalue weighted by atomic mass is 10.7. The van der Waals surface area contributed by atoms with Crippen molar-refractivity contribution in [1.29, 1.82) is 0 Å². The summed E-state index contributed by atoms with van der Waals surface area (Å²) in [6.45, 7) is 0. The molecular formula is C7H7N5S. The van der Waals surface area contributed by atoms with Crippen LogP contribution in [-0.4, -0.2) is 24.7 Å². The average Bonchev–Trinajstić information content (AvgIpc) is 2.54. The minimum Gasteiger partial charge on any atom is -0.311 e. The molecule has 0 amide bonds. The van der Waals surface area contributed by atoms with Crippen LogP contribution in [-0.2, 0) is 7.05 Å². The fraction of sp³-hybridized carbons (Fsp3) is 0.143. The predicted octanol–water partition coefficient (Wildman–Crippen LogP) is 0.756. The second-order valence-electron chi connectivity index (χ2n) is 2.36. The van der Waals surface area contributed by atoms with Gasteiger partial charge in [0.05, 0.1) is 0 Å². The standard InChI is InChI=1S/C7H7N5S/c1-12-5-10-11-7(12)13-6-8-3-2-4-9-6/h2-5H,1H3. The summed E-state index contributed by atoms with van der Waals surface area (Å²) in [6.07, 6.45) is 5.04. The van der Waals surface area contributed by atoms with Crippen molar-refractivity contribution in [3.8, 4) is 0 Å². The van der Waals surface area contributed by atoms with Gasteiger partial charge in [-0.25, -0.2) is 9.97 Å². The monoisotopic (exact) mass is 193 g/mol. The van der Waals surface area contributed by atoms with Crippen LogP contribution in [0.5, 0.6) is 0 Å². The molecule has 2 aromatic heterocycles. The van der Waals surface area contributed by atoms with Crippen LogP contribution in [0.3, 0.4) is 0 Å². The van der Waals surface area contributed by atoms with Gasteiger partial charge in [-0.15, -0.1) is 10.2 Å². The van der Waals surface area contributed by atoms with Crippen molar-refractivity contribution in [3.05, 3.63) is 24.8 Å². The average molecular weight is 193 g/mol. The SMILES string of the molecule is Cn1cnnc1Sc1ncccn1. The Bertz CT molecular complexity index is 385. The number of hydrogen-bond donors (Lipinski definition) is 0. The Hall–Kier alpha value is -1.43. The molecule has 2 heterocycles. The second kappa shape index (κ2) is 3.53. The van der Waals surface area contributed by atoms with Gasteiger partial charge in [0.2, 0.25) is 0 Å². The van der Waals surface area contributed by atoms with Gasteiger partial charge in [0.15, 0.2) is 10.3 Å². The Morgan fingerprint density at radius 2 is 2.08 bits per heavy atom. The zero-order chi connectivity index (χ0) is 9.10. The lowest BCUT2D eigenvalue weighted by Gasteiger charge is -1.96. The summed E-state index contributed by atoms with van der Waals surface area (Å²) in [5, 5.41) is 9.12. The number of hydrogen-bond acceptors (Lipinski definition) is 5. The maximum atomic E-state index is 4.07. The Labute approximate surface area is 79.2 Å². The molecule has 0 aromatic carbocycles. The highest BCUT2D eigenvalue weighted by molar-refractivity contribution is 7.99. The molecule has 0 bridgehead atoms.